The summed E-state index contributed by atoms with van der Waals surface area (Å²) in [5.41, 5.74) is 1.20. The number of amides is 1. The van der Waals surface area contributed by atoms with Crippen molar-refractivity contribution in [2.45, 2.75) is 32.7 Å². The van der Waals surface area contributed by atoms with E-state index in [4.69, 9.17) is 9.15 Å². The van der Waals surface area contributed by atoms with Crippen molar-refractivity contribution in [1.29, 1.82) is 0 Å². The number of alkyl halides is 1. The van der Waals surface area contributed by atoms with Gasteiger partial charge in [-0.15, -0.1) is 0 Å². The molecule has 0 aliphatic rings. The lowest BCUT2D eigenvalue weighted by molar-refractivity contribution is -0.153. The molecule has 2 rings (SSSR count). The van der Waals surface area contributed by atoms with Crippen LogP contribution in [0.25, 0.3) is 11.1 Å². The number of aliphatic carboxylic acids is 1. The van der Waals surface area contributed by atoms with Crippen molar-refractivity contribution in [3.05, 3.63) is 30.2 Å². The maximum Gasteiger partial charge on any atom is 0.326 e. The van der Waals surface area contributed by atoms with Crippen molar-refractivity contribution < 1.29 is 28.2 Å². The highest BCUT2D eigenvalue weighted by Crippen LogP contribution is 2.19. The van der Waals surface area contributed by atoms with Crippen LogP contribution < -0.4 is 0 Å². The molecule has 1 heterocycles. The molecule has 7 nitrogen and oxygen atoms in total. The van der Waals surface area contributed by atoms with E-state index in [1.165, 1.54) is 4.90 Å². The summed E-state index contributed by atoms with van der Waals surface area (Å²) < 4.78 is 22.9. The van der Waals surface area contributed by atoms with Gasteiger partial charge in [-0.2, -0.15) is 0 Å². The minimum absolute atomic E-state index is 0.0559. The number of halogens is 1. The monoisotopic (exact) mass is 380 g/mol. The number of hydrogen-bond acceptors (Lipinski definition) is 5. The third-order valence-corrected chi connectivity index (χ3v) is 4.43. The first kappa shape index (κ1) is 20.8. The molecular weight excluding hydrogens is 355 g/mol. The fraction of sp³-hybridized carbons (Fsp3) is 0.526. The summed E-state index contributed by atoms with van der Waals surface area (Å²) in [5, 5.41) is 9.64. The molecule has 0 aliphatic carbocycles. The van der Waals surface area contributed by atoms with Gasteiger partial charge in [0, 0.05) is 6.54 Å². The molecule has 2 atom stereocenters. The molecule has 0 radical (unpaired) electrons. The highest BCUT2D eigenvalue weighted by molar-refractivity contribution is 5.85. The molecule has 1 aromatic heterocycles. The van der Waals surface area contributed by atoms with Crippen molar-refractivity contribution in [2.24, 2.45) is 5.92 Å². The summed E-state index contributed by atoms with van der Waals surface area (Å²) in [6.07, 6.45) is 0.437. The predicted octanol–water partition coefficient (Wildman–Crippen LogP) is 2.68. The van der Waals surface area contributed by atoms with Gasteiger partial charge in [0.05, 0.1) is 13.2 Å². The van der Waals surface area contributed by atoms with E-state index in [9.17, 15) is 19.1 Å². The number of fused-ring (bicyclic) bond motifs is 1. The smallest absolute Gasteiger partial charge is 0.326 e. The van der Waals surface area contributed by atoms with E-state index < -0.39 is 24.6 Å². The number of para-hydroxylation sites is 2. The first-order valence-electron chi connectivity index (χ1n) is 8.98. The second kappa shape index (κ2) is 10.0. The molecule has 0 saturated heterocycles. The Labute approximate surface area is 157 Å². The van der Waals surface area contributed by atoms with Crippen molar-refractivity contribution in [3.63, 3.8) is 0 Å². The zero-order chi connectivity index (χ0) is 19.8. The standard InChI is InChI=1S/C19H25FN2O5/c1-3-13(2)18(19(24)25)22(9-11-26-10-8-20)17(23)12-16-21-14-6-4-5-7-15(14)27-16/h4-7,13,18H,3,8-12H2,1-2H3,(H,24,25). The molecule has 0 fully saturated rings. The van der Waals surface area contributed by atoms with Crippen LogP contribution in [0.1, 0.15) is 26.2 Å². The molecular formula is C19H25FN2O5. The van der Waals surface area contributed by atoms with Gasteiger partial charge < -0.3 is 19.2 Å². The molecule has 0 bridgehead atoms. The lowest BCUT2D eigenvalue weighted by Crippen LogP contribution is -2.50. The molecule has 27 heavy (non-hydrogen) atoms. The Hall–Kier alpha value is -2.48. The normalized spacial score (nSPS) is 13.4. The number of aromatic nitrogens is 1. The van der Waals surface area contributed by atoms with Gasteiger partial charge in [-0.05, 0) is 18.1 Å². The summed E-state index contributed by atoms with van der Waals surface area (Å²) in [4.78, 5) is 30.2. The number of rotatable bonds is 11. The fourth-order valence-corrected chi connectivity index (χ4v) is 2.87. The number of carbonyl (C=O) groups is 2. The van der Waals surface area contributed by atoms with Gasteiger partial charge in [0.1, 0.15) is 24.7 Å². The molecule has 2 aromatic rings. The van der Waals surface area contributed by atoms with E-state index in [1.54, 1.807) is 25.1 Å². The van der Waals surface area contributed by atoms with E-state index in [1.807, 2.05) is 13.0 Å². The number of benzene rings is 1. The Morgan fingerprint density at radius 3 is 2.70 bits per heavy atom. The zero-order valence-corrected chi connectivity index (χ0v) is 15.6. The summed E-state index contributed by atoms with van der Waals surface area (Å²) >= 11 is 0. The number of nitrogens with zero attached hydrogens (tertiary/aromatic N) is 2. The van der Waals surface area contributed by atoms with Crippen LogP contribution in [0.4, 0.5) is 4.39 Å². The summed E-state index contributed by atoms with van der Waals surface area (Å²) in [5.74, 6) is -1.53. The second-order valence-corrected chi connectivity index (χ2v) is 6.31. The first-order chi connectivity index (χ1) is 13.0. The number of oxazole rings is 1. The molecule has 1 aromatic carbocycles. The summed E-state index contributed by atoms with van der Waals surface area (Å²) in [7, 11) is 0. The van der Waals surface area contributed by atoms with Crippen LogP contribution >= 0.6 is 0 Å². The Morgan fingerprint density at radius 2 is 2.07 bits per heavy atom. The number of ether oxygens (including phenoxy) is 1. The maximum absolute atomic E-state index is 12.9. The molecule has 1 amide bonds. The van der Waals surface area contributed by atoms with Gasteiger partial charge in [-0.1, -0.05) is 32.4 Å². The van der Waals surface area contributed by atoms with Crippen LogP contribution in [0, 0.1) is 5.92 Å². The van der Waals surface area contributed by atoms with E-state index >= 15 is 0 Å². The fourth-order valence-electron chi connectivity index (χ4n) is 2.87. The summed E-state index contributed by atoms with van der Waals surface area (Å²) in [6, 6.07) is 6.14. The third kappa shape index (κ3) is 5.50. The Bertz CT molecular complexity index is 730. The van der Waals surface area contributed by atoms with Crippen LogP contribution in [0.3, 0.4) is 0 Å². The highest BCUT2D eigenvalue weighted by atomic mass is 19.1. The van der Waals surface area contributed by atoms with Gasteiger partial charge in [0.25, 0.3) is 0 Å². The molecule has 1 N–H and O–H groups in total. The van der Waals surface area contributed by atoms with E-state index in [-0.39, 0.29) is 38.0 Å². The second-order valence-electron chi connectivity index (χ2n) is 6.31. The van der Waals surface area contributed by atoms with E-state index in [0.717, 1.165) is 0 Å². The lowest BCUT2D eigenvalue weighted by Gasteiger charge is -2.32. The van der Waals surface area contributed by atoms with Crippen molar-refractivity contribution >= 4 is 23.0 Å². The maximum atomic E-state index is 12.9. The number of carbonyl (C=O) groups excluding carboxylic acids is 1. The molecule has 2 unspecified atom stereocenters. The van der Waals surface area contributed by atoms with Crippen LogP contribution in [-0.2, 0) is 20.7 Å². The average molecular weight is 380 g/mol. The largest absolute Gasteiger partial charge is 0.480 e. The average Bonchev–Trinajstić information content (AvgIpc) is 3.05. The van der Waals surface area contributed by atoms with Gasteiger partial charge in [-0.25, -0.2) is 14.2 Å². The Morgan fingerprint density at radius 1 is 1.33 bits per heavy atom. The molecule has 8 heteroatoms. The summed E-state index contributed by atoms with van der Waals surface area (Å²) in [6.45, 7) is 3.03. The molecule has 148 valence electrons. The van der Waals surface area contributed by atoms with Gasteiger partial charge >= 0.3 is 5.97 Å². The van der Waals surface area contributed by atoms with Crippen LogP contribution in [0.2, 0.25) is 0 Å². The number of carboxylic acids is 1. The quantitative estimate of drug-likeness (QED) is 0.603. The van der Waals surface area contributed by atoms with Gasteiger partial charge in [-0.3, -0.25) is 4.79 Å². The lowest BCUT2D eigenvalue weighted by atomic mass is 9.97. The SMILES string of the molecule is CCC(C)C(C(=O)O)N(CCOCCF)C(=O)Cc1nc2ccccc2o1. The number of carboxylic acid groups (broad SMARTS) is 1. The Balaban J connectivity index is 2.18. The van der Waals surface area contributed by atoms with Crippen LogP contribution in [0.5, 0.6) is 0 Å². The van der Waals surface area contributed by atoms with Crippen LogP contribution in [0.15, 0.2) is 28.7 Å². The predicted molar refractivity (Wildman–Crippen MR) is 97.1 cm³/mol. The minimum Gasteiger partial charge on any atom is -0.480 e. The molecule has 0 aliphatic heterocycles. The third-order valence-electron chi connectivity index (χ3n) is 4.43. The topological polar surface area (TPSA) is 92.9 Å². The van der Waals surface area contributed by atoms with E-state index in [2.05, 4.69) is 4.98 Å². The van der Waals surface area contributed by atoms with Gasteiger partial charge in [0.2, 0.25) is 11.8 Å². The molecule has 0 saturated carbocycles. The number of hydrogen-bond donors (Lipinski definition) is 1. The van der Waals surface area contributed by atoms with Crippen molar-refractivity contribution in [1.82, 2.24) is 9.88 Å². The van der Waals surface area contributed by atoms with Crippen molar-refractivity contribution in [2.75, 3.05) is 26.4 Å². The zero-order valence-electron chi connectivity index (χ0n) is 15.6. The van der Waals surface area contributed by atoms with Crippen molar-refractivity contribution in [3.8, 4) is 0 Å². The van der Waals surface area contributed by atoms with Crippen LogP contribution in [-0.4, -0.2) is 59.3 Å². The Kier molecular flexibility index (Phi) is 7.72. The van der Waals surface area contributed by atoms with E-state index in [0.29, 0.717) is 17.5 Å². The minimum atomic E-state index is -1.08. The molecule has 0 spiro atoms. The first-order valence-corrected chi connectivity index (χ1v) is 8.98. The highest BCUT2D eigenvalue weighted by Gasteiger charge is 2.33. The van der Waals surface area contributed by atoms with Gasteiger partial charge in [0.15, 0.2) is 5.58 Å².